The maximum atomic E-state index is 12.9. The van der Waals surface area contributed by atoms with Crippen molar-refractivity contribution in [2.45, 2.75) is 32.9 Å². The second-order valence-corrected chi connectivity index (χ2v) is 6.80. The number of rotatable bonds is 3. The highest BCUT2D eigenvalue weighted by Crippen LogP contribution is 2.32. The normalized spacial score (nSPS) is 19.3. The van der Waals surface area contributed by atoms with E-state index in [0.29, 0.717) is 23.3 Å². The molecule has 1 aromatic carbocycles. The van der Waals surface area contributed by atoms with Gasteiger partial charge in [-0.1, -0.05) is 39.0 Å². The van der Waals surface area contributed by atoms with Gasteiger partial charge >= 0.3 is 0 Å². The van der Waals surface area contributed by atoms with Crippen LogP contribution in [0.4, 0.5) is 0 Å². The van der Waals surface area contributed by atoms with E-state index in [1.807, 2.05) is 37.9 Å². The molecule has 1 fully saturated rings. The van der Waals surface area contributed by atoms with Crippen molar-refractivity contribution in [3.63, 3.8) is 0 Å². The fraction of sp³-hybridized carbons (Fsp3) is 0.412. The lowest BCUT2D eigenvalue weighted by Crippen LogP contribution is -2.37. The van der Waals surface area contributed by atoms with Gasteiger partial charge in [0.2, 0.25) is 0 Å². The quantitative estimate of drug-likeness (QED) is 0.695. The topological polar surface area (TPSA) is 58.1 Å². The average molecular weight is 299 g/mol. The molecule has 1 aromatic heterocycles. The molecule has 1 aliphatic heterocycles. The van der Waals surface area contributed by atoms with Gasteiger partial charge in [0.05, 0.1) is 23.5 Å². The van der Waals surface area contributed by atoms with Crippen LogP contribution in [0.3, 0.4) is 0 Å². The first-order valence-corrected chi connectivity index (χ1v) is 7.44. The molecule has 116 valence electrons. The predicted octanol–water partition coefficient (Wildman–Crippen LogP) is 1.98. The van der Waals surface area contributed by atoms with E-state index in [-0.39, 0.29) is 11.6 Å². The number of hydrogen-bond acceptors (Lipinski definition) is 4. The van der Waals surface area contributed by atoms with Crippen molar-refractivity contribution in [2.75, 3.05) is 11.6 Å². The molecule has 1 aliphatic rings. The van der Waals surface area contributed by atoms with Crippen molar-refractivity contribution < 1.29 is 5.11 Å². The summed E-state index contributed by atoms with van der Waals surface area (Å²) in [6.07, 6.45) is 0.963. The Labute approximate surface area is 129 Å². The van der Waals surface area contributed by atoms with Crippen LogP contribution < -0.4 is 10.6 Å². The van der Waals surface area contributed by atoms with Crippen LogP contribution >= 0.6 is 0 Å². The number of benzene rings is 1. The molecule has 0 spiro atoms. The standard InChI is InChI=1S/C17H21N3O2/c1-5-11-10-19(11)20-15(14(21)17(2,3)4)18-13-9-7-6-8-12(13)16(20)22/h5-9,11,14,21H,1,10H2,2-4H3/t11-,14+,19?/m0/s1. The molecular weight excluding hydrogens is 278 g/mol. The largest absolute Gasteiger partial charge is 0.385 e. The first-order valence-electron chi connectivity index (χ1n) is 7.44. The summed E-state index contributed by atoms with van der Waals surface area (Å²) in [6, 6.07) is 7.35. The molecule has 0 amide bonds. The number of aromatic nitrogens is 2. The van der Waals surface area contributed by atoms with Gasteiger partial charge in [0.1, 0.15) is 6.10 Å². The molecule has 2 aromatic rings. The lowest BCUT2D eigenvalue weighted by Gasteiger charge is -2.28. The van der Waals surface area contributed by atoms with E-state index in [0.717, 1.165) is 0 Å². The number of fused-ring (bicyclic) bond motifs is 1. The second-order valence-electron chi connectivity index (χ2n) is 6.80. The molecular formula is C17H21N3O2. The Balaban J connectivity index is 2.27. The van der Waals surface area contributed by atoms with Crippen molar-refractivity contribution in [1.82, 2.24) is 9.66 Å². The molecule has 2 heterocycles. The van der Waals surface area contributed by atoms with E-state index in [2.05, 4.69) is 11.6 Å². The van der Waals surface area contributed by atoms with E-state index in [9.17, 15) is 9.90 Å². The molecule has 1 N–H and O–H groups in total. The van der Waals surface area contributed by atoms with Gasteiger partial charge in [-0.25, -0.2) is 9.66 Å². The third-order valence-corrected chi connectivity index (χ3v) is 4.00. The lowest BCUT2D eigenvalue weighted by molar-refractivity contribution is 0.0512. The summed E-state index contributed by atoms with van der Waals surface area (Å²) in [5.41, 5.74) is 0.0517. The van der Waals surface area contributed by atoms with Crippen LogP contribution in [0, 0.1) is 5.41 Å². The van der Waals surface area contributed by atoms with Gasteiger partial charge in [0, 0.05) is 0 Å². The molecule has 0 aliphatic carbocycles. The zero-order chi connectivity index (χ0) is 16.1. The highest BCUT2D eigenvalue weighted by molar-refractivity contribution is 5.77. The van der Waals surface area contributed by atoms with Gasteiger partial charge in [0.25, 0.3) is 5.56 Å². The summed E-state index contributed by atoms with van der Waals surface area (Å²) in [7, 11) is 0. The van der Waals surface area contributed by atoms with Crippen LogP contribution in [-0.4, -0.2) is 27.4 Å². The van der Waals surface area contributed by atoms with Gasteiger partial charge in [-0.3, -0.25) is 9.80 Å². The van der Waals surface area contributed by atoms with E-state index in [4.69, 9.17) is 0 Å². The van der Waals surface area contributed by atoms with E-state index >= 15 is 0 Å². The minimum absolute atomic E-state index is 0.117. The third kappa shape index (κ3) is 2.31. The van der Waals surface area contributed by atoms with Crippen LogP contribution in [0.5, 0.6) is 0 Å². The van der Waals surface area contributed by atoms with Crippen molar-refractivity contribution in [2.24, 2.45) is 5.41 Å². The molecule has 22 heavy (non-hydrogen) atoms. The summed E-state index contributed by atoms with van der Waals surface area (Å²) in [4.78, 5) is 17.4. The number of hydrogen-bond donors (Lipinski definition) is 1. The smallest absolute Gasteiger partial charge is 0.280 e. The molecule has 5 heteroatoms. The van der Waals surface area contributed by atoms with Gasteiger partial charge < -0.3 is 5.11 Å². The molecule has 0 saturated carbocycles. The zero-order valence-electron chi connectivity index (χ0n) is 13.2. The molecule has 0 unspecified atom stereocenters. The first kappa shape index (κ1) is 14.8. The number of aliphatic hydroxyl groups excluding tert-OH is 1. The monoisotopic (exact) mass is 299 g/mol. The van der Waals surface area contributed by atoms with Crippen molar-refractivity contribution in [1.29, 1.82) is 0 Å². The summed E-state index contributed by atoms with van der Waals surface area (Å²) in [5, 5.41) is 13.1. The average Bonchev–Trinajstić information content (AvgIpc) is 3.24. The lowest BCUT2D eigenvalue weighted by atomic mass is 9.88. The Morgan fingerprint density at radius 3 is 2.68 bits per heavy atom. The summed E-state index contributed by atoms with van der Waals surface area (Å²) < 4.78 is 1.52. The Morgan fingerprint density at radius 1 is 1.41 bits per heavy atom. The number of aliphatic hydroxyl groups is 1. The van der Waals surface area contributed by atoms with Crippen LogP contribution in [0.15, 0.2) is 41.7 Å². The Bertz CT molecular complexity index is 789. The van der Waals surface area contributed by atoms with Gasteiger partial charge in [0.15, 0.2) is 5.82 Å². The Hall–Kier alpha value is -2.14. The SMILES string of the molecule is C=C[C@H]1CN1n1c([C@@H](O)C(C)(C)C)nc2ccccc2c1=O. The predicted molar refractivity (Wildman–Crippen MR) is 87.5 cm³/mol. The summed E-state index contributed by atoms with van der Waals surface area (Å²) in [6.45, 7) is 10.3. The zero-order valence-corrected chi connectivity index (χ0v) is 13.2. The van der Waals surface area contributed by atoms with Gasteiger partial charge in [-0.2, -0.15) is 0 Å². The van der Waals surface area contributed by atoms with Crippen LogP contribution in [-0.2, 0) is 0 Å². The highest BCUT2D eigenvalue weighted by Gasteiger charge is 2.38. The van der Waals surface area contributed by atoms with E-state index in [1.165, 1.54) is 4.68 Å². The summed E-state index contributed by atoms with van der Waals surface area (Å²) in [5.74, 6) is 0.389. The van der Waals surface area contributed by atoms with Gasteiger partial charge in [-0.05, 0) is 17.5 Å². The van der Waals surface area contributed by atoms with E-state index < -0.39 is 11.5 Å². The summed E-state index contributed by atoms with van der Waals surface area (Å²) >= 11 is 0. The molecule has 3 rings (SSSR count). The Kier molecular flexibility index (Phi) is 3.33. The highest BCUT2D eigenvalue weighted by atomic mass is 16.3. The maximum Gasteiger partial charge on any atom is 0.280 e. The van der Waals surface area contributed by atoms with Crippen LogP contribution in [0.1, 0.15) is 32.7 Å². The third-order valence-electron chi connectivity index (χ3n) is 4.00. The fourth-order valence-electron chi connectivity index (χ4n) is 2.52. The maximum absolute atomic E-state index is 12.9. The number of nitrogens with zero attached hydrogens (tertiary/aromatic N) is 3. The molecule has 1 saturated heterocycles. The molecule has 2 atom stereocenters. The Morgan fingerprint density at radius 2 is 2.09 bits per heavy atom. The van der Waals surface area contributed by atoms with Crippen molar-refractivity contribution >= 4 is 10.9 Å². The minimum Gasteiger partial charge on any atom is -0.385 e. The van der Waals surface area contributed by atoms with Crippen LogP contribution in [0.25, 0.3) is 10.9 Å². The first-order chi connectivity index (χ1) is 10.3. The molecule has 0 radical (unpaired) electrons. The second kappa shape index (κ2) is 4.95. The van der Waals surface area contributed by atoms with E-state index in [1.54, 1.807) is 18.2 Å². The van der Waals surface area contributed by atoms with Crippen molar-refractivity contribution in [3.05, 3.63) is 53.1 Å². The molecule has 0 bridgehead atoms. The van der Waals surface area contributed by atoms with Crippen LogP contribution in [0.2, 0.25) is 0 Å². The number of para-hydroxylation sites is 1. The molecule has 5 nitrogen and oxygen atoms in total. The fourth-order valence-corrected chi connectivity index (χ4v) is 2.52. The minimum atomic E-state index is -0.837. The van der Waals surface area contributed by atoms with Crippen molar-refractivity contribution in [3.8, 4) is 0 Å². The van der Waals surface area contributed by atoms with Gasteiger partial charge in [-0.15, -0.1) is 6.58 Å².